The molecule has 3 amide bonds. The van der Waals surface area contributed by atoms with E-state index in [9.17, 15) is 14.4 Å². The van der Waals surface area contributed by atoms with Crippen molar-refractivity contribution in [3.63, 3.8) is 0 Å². The fraction of sp³-hybridized carbons (Fsp3) is 0.0938. The number of nitrogens with one attached hydrogen (secondary N) is 3. The summed E-state index contributed by atoms with van der Waals surface area (Å²) in [6.07, 6.45) is 1.61. The molecular weight excluding hydrogens is 638 g/mol. The summed E-state index contributed by atoms with van der Waals surface area (Å²) in [5, 5.41) is 8.48. The molecule has 0 aromatic heterocycles. The van der Waals surface area contributed by atoms with Gasteiger partial charge in [-0.15, -0.1) is 11.8 Å². The maximum atomic E-state index is 13.3. The minimum atomic E-state index is -0.481. The molecule has 214 valence electrons. The van der Waals surface area contributed by atoms with Crippen LogP contribution in [0, 0.1) is 0 Å². The van der Waals surface area contributed by atoms with Crippen molar-refractivity contribution < 1.29 is 19.1 Å². The van der Waals surface area contributed by atoms with Gasteiger partial charge in [0, 0.05) is 25.6 Å². The predicted molar refractivity (Wildman–Crippen MR) is 173 cm³/mol. The molecule has 0 aliphatic heterocycles. The van der Waals surface area contributed by atoms with Gasteiger partial charge in [0.15, 0.2) is 0 Å². The molecular formula is C32H27BrClN3O4S. The van der Waals surface area contributed by atoms with E-state index in [2.05, 4.69) is 31.9 Å². The second-order valence-electron chi connectivity index (χ2n) is 9.00. The van der Waals surface area contributed by atoms with Crippen molar-refractivity contribution in [3.05, 3.63) is 123 Å². The van der Waals surface area contributed by atoms with Gasteiger partial charge in [-0.2, -0.15) is 0 Å². The van der Waals surface area contributed by atoms with Crippen LogP contribution in [0.3, 0.4) is 0 Å². The Morgan fingerprint density at radius 3 is 2.26 bits per heavy atom. The Morgan fingerprint density at radius 2 is 1.60 bits per heavy atom. The first-order chi connectivity index (χ1) is 20.2. The van der Waals surface area contributed by atoms with Crippen LogP contribution in [0.5, 0.6) is 5.75 Å². The number of carbonyl (C=O) groups is 3. The van der Waals surface area contributed by atoms with Gasteiger partial charge in [-0.25, -0.2) is 0 Å². The maximum Gasteiger partial charge on any atom is 0.272 e. The molecule has 0 heterocycles. The Kier molecular flexibility index (Phi) is 10.8. The average Bonchev–Trinajstić information content (AvgIpc) is 2.99. The molecule has 42 heavy (non-hydrogen) atoms. The number of methoxy groups -OCH3 is 1. The van der Waals surface area contributed by atoms with E-state index in [0.29, 0.717) is 27.7 Å². The number of anilines is 2. The fourth-order valence-electron chi connectivity index (χ4n) is 3.75. The third kappa shape index (κ3) is 8.72. The van der Waals surface area contributed by atoms with Gasteiger partial charge in [0.1, 0.15) is 11.4 Å². The highest BCUT2D eigenvalue weighted by Gasteiger charge is 2.18. The summed E-state index contributed by atoms with van der Waals surface area (Å²) in [6, 6.07) is 28.1. The van der Waals surface area contributed by atoms with E-state index in [1.165, 1.54) is 18.9 Å². The molecule has 1 unspecified atom stereocenters. The molecule has 0 saturated heterocycles. The molecule has 10 heteroatoms. The largest absolute Gasteiger partial charge is 0.495 e. The quantitative estimate of drug-likeness (QED) is 0.120. The van der Waals surface area contributed by atoms with Crippen molar-refractivity contribution in [1.82, 2.24) is 5.32 Å². The molecule has 0 saturated carbocycles. The number of carbonyl (C=O) groups excluding carboxylic acids is 3. The number of thioether (sulfide) groups is 1. The zero-order valence-corrected chi connectivity index (χ0v) is 25.8. The number of ether oxygens (including phenoxy) is 1. The monoisotopic (exact) mass is 663 g/mol. The van der Waals surface area contributed by atoms with Gasteiger partial charge < -0.3 is 20.7 Å². The molecule has 4 rings (SSSR count). The van der Waals surface area contributed by atoms with Crippen LogP contribution in [0.2, 0.25) is 5.02 Å². The van der Waals surface area contributed by atoms with Crippen molar-refractivity contribution in [1.29, 1.82) is 0 Å². The van der Waals surface area contributed by atoms with E-state index < -0.39 is 17.1 Å². The second-order valence-corrected chi connectivity index (χ2v) is 11.8. The van der Waals surface area contributed by atoms with Crippen molar-refractivity contribution in [3.8, 4) is 5.75 Å². The molecule has 4 aromatic rings. The third-order valence-electron chi connectivity index (χ3n) is 5.92. The molecule has 7 nitrogen and oxygen atoms in total. The molecule has 0 spiro atoms. The SMILES string of the molecule is COc1ccc(Cl)cc1NC(=O)C(C)Sc1ccc(NC(=O)/C(=C/c2ccc(Br)cc2)NC(=O)c2ccccc2)cc1. The topological polar surface area (TPSA) is 96.5 Å². The van der Waals surface area contributed by atoms with Gasteiger partial charge in [-0.1, -0.05) is 57.9 Å². The normalized spacial score (nSPS) is 11.8. The van der Waals surface area contributed by atoms with E-state index in [1.807, 2.05) is 42.5 Å². The summed E-state index contributed by atoms with van der Waals surface area (Å²) in [5.41, 5.74) is 2.28. The lowest BCUT2D eigenvalue weighted by atomic mass is 10.1. The molecule has 1 atom stereocenters. The van der Waals surface area contributed by atoms with Gasteiger partial charge in [-0.3, -0.25) is 14.4 Å². The predicted octanol–water partition coefficient (Wildman–Crippen LogP) is 7.64. The highest BCUT2D eigenvalue weighted by molar-refractivity contribution is 9.10. The molecule has 0 radical (unpaired) electrons. The Hall–Kier alpha value is -4.05. The van der Waals surface area contributed by atoms with Crippen molar-refractivity contribution in [2.24, 2.45) is 0 Å². The van der Waals surface area contributed by atoms with Crippen molar-refractivity contribution in [2.45, 2.75) is 17.1 Å². The van der Waals surface area contributed by atoms with Crippen molar-refractivity contribution in [2.75, 3.05) is 17.7 Å². The van der Waals surface area contributed by atoms with E-state index in [4.69, 9.17) is 16.3 Å². The summed E-state index contributed by atoms with van der Waals surface area (Å²) < 4.78 is 6.19. The molecule has 3 N–H and O–H groups in total. The maximum absolute atomic E-state index is 13.3. The molecule has 0 aliphatic carbocycles. The van der Waals surface area contributed by atoms with Crippen LogP contribution in [-0.2, 0) is 9.59 Å². The Labute approximate surface area is 261 Å². The van der Waals surface area contributed by atoms with E-state index in [0.717, 1.165) is 14.9 Å². The van der Waals surface area contributed by atoms with Gasteiger partial charge in [-0.05, 0) is 85.3 Å². The first-order valence-corrected chi connectivity index (χ1v) is 14.8. The summed E-state index contributed by atoms with van der Waals surface area (Å²) in [5.74, 6) is -0.581. The standard InChI is InChI=1S/C32H27BrClN3O4S/c1-20(30(38)36-27-19-24(34)12-17-29(27)41-2)42-26-15-13-25(14-16-26)35-32(40)28(18-21-8-10-23(33)11-9-21)37-31(39)22-6-4-3-5-7-22/h3-20H,1-2H3,(H,35,40)(H,36,38)(H,37,39)/b28-18-. The average molecular weight is 665 g/mol. The van der Waals surface area contributed by atoms with E-state index in [1.54, 1.807) is 67.6 Å². The summed E-state index contributed by atoms with van der Waals surface area (Å²) in [6.45, 7) is 1.79. The number of rotatable bonds is 10. The minimum Gasteiger partial charge on any atom is -0.495 e. The third-order valence-corrected chi connectivity index (χ3v) is 7.80. The number of hydrogen-bond donors (Lipinski definition) is 3. The summed E-state index contributed by atoms with van der Waals surface area (Å²) >= 11 is 10.8. The van der Waals surface area contributed by atoms with Crippen LogP contribution in [0.25, 0.3) is 6.08 Å². The first kappa shape index (κ1) is 30.9. The Morgan fingerprint density at radius 1 is 0.905 bits per heavy atom. The smallest absolute Gasteiger partial charge is 0.272 e. The van der Waals surface area contributed by atoms with E-state index >= 15 is 0 Å². The molecule has 4 aromatic carbocycles. The van der Waals surface area contributed by atoms with Crippen LogP contribution in [0.4, 0.5) is 11.4 Å². The summed E-state index contributed by atoms with van der Waals surface area (Å²) in [7, 11) is 1.52. The zero-order valence-electron chi connectivity index (χ0n) is 22.7. The number of amides is 3. The molecule has 0 aliphatic rings. The van der Waals surface area contributed by atoms with Gasteiger partial charge in [0.2, 0.25) is 5.91 Å². The lowest BCUT2D eigenvalue weighted by molar-refractivity contribution is -0.115. The van der Waals surface area contributed by atoms with Gasteiger partial charge in [0.05, 0.1) is 18.0 Å². The van der Waals surface area contributed by atoms with Crippen LogP contribution in [0.1, 0.15) is 22.8 Å². The lowest BCUT2D eigenvalue weighted by Gasteiger charge is -2.15. The highest BCUT2D eigenvalue weighted by Crippen LogP contribution is 2.30. The van der Waals surface area contributed by atoms with Gasteiger partial charge >= 0.3 is 0 Å². The van der Waals surface area contributed by atoms with Crippen LogP contribution in [0.15, 0.2) is 112 Å². The zero-order chi connectivity index (χ0) is 30.1. The van der Waals surface area contributed by atoms with Crippen LogP contribution < -0.4 is 20.7 Å². The number of benzene rings is 4. The fourth-order valence-corrected chi connectivity index (χ4v) is 5.06. The van der Waals surface area contributed by atoms with Gasteiger partial charge in [0.25, 0.3) is 11.8 Å². The number of halogens is 2. The van der Waals surface area contributed by atoms with Crippen LogP contribution in [-0.4, -0.2) is 30.1 Å². The Bertz CT molecular complexity index is 1600. The summed E-state index contributed by atoms with van der Waals surface area (Å²) in [4.78, 5) is 39.8. The second kappa shape index (κ2) is 14.7. The molecule has 0 bridgehead atoms. The highest BCUT2D eigenvalue weighted by atomic mass is 79.9. The number of hydrogen-bond acceptors (Lipinski definition) is 5. The van der Waals surface area contributed by atoms with E-state index in [-0.39, 0.29) is 11.6 Å². The first-order valence-electron chi connectivity index (χ1n) is 12.8. The van der Waals surface area contributed by atoms with Crippen LogP contribution >= 0.6 is 39.3 Å². The minimum absolute atomic E-state index is 0.0892. The Balaban J connectivity index is 1.43. The van der Waals surface area contributed by atoms with Crippen molar-refractivity contribution >= 4 is 74.5 Å². The molecule has 0 fully saturated rings. The lowest BCUT2D eigenvalue weighted by Crippen LogP contribution is -2.30.